The zero-order valence-electron chi connectivity index (χ0n) is 21.5. The number of methoxy groups -OCH3 is 1. The summed E-state index contributed by atoms with van der Waals surface area (Å²) < 4.78 is 17.3. The first kappa shape index (κ1) is 25.5. The van der Waals surface area contributed by atoms with Crippen molar-refractivity contribution in [2.75, 3.05) is 20.2 Å². The number of fused-ring (bicyclic) bond motifs is 1. The predicted molar refractivity (Wildman–Crippen MR) is 129 cm³/mol. The van der Waals surface area contributed by atoms with Crippen LogP contribution in [-0.4, -0.2) is 60.0 Å². The monoisotopic (exact) mass is 486 g/mol. The summed E-state index contributed by atoms with van der Waals surface area (Å²) >= 11 is 0. The Morgan fingerprint density at radius 2 is 1.91 bits per heavy atom. The molecule has 4 heterocycles. The number of nitrogens with zero attached hydrogens (tertiary/aromatic N) is 2. The molecule has 2 saturated heterocycles. The average molecular weight is 487 g/mol. The highest BCUT2D eigenvalue weighted by Crippen LogP contribution is 2.52. The van der Waals surface area contributed by atoms with Gasteiger partial charge in [0, 0.05) is 31.1 Å². The maximum absolute atomic E-state index is 13.9. The summed E-state index contributed by atoms with van der Waals surface area (Å²) in [7, 11) is 1.36. The fourth-order valence-corrected chi connectivity index (χ4v) is 5.65. The van der Waals surface area contributed by atoms with E-state index in [0.29, 0.717) is 11.5 Å². The summed E-state index contributed by atoms with van der Waals surface area (Å²) in [5.41, 5.74) is -0.848. The van der Waals surface area contributed by atoms with Gasteiger partial charge in [-0.1, -0.05) is 20.8 Å². The van der Waals surface area contributed by atoms with Crippen LogP contribution in [0.25, 0.3) is 0 Å². The van der Waals surface area contributed by atoms with Crippen molar-refractivity contribution in [2.24, 2.45) is 16.7 Å². The Morgan fingerprint density at radius 3 is 2.51 bits per heavy atom. The fraction of sp³-hybridized carbons (Fsp3) is 0.667. The van der Waals surface area contributed by atoms with Gasteiger partial charge in [-0.3, -0.25) is 14.4 Å². The Bertz CT molecular complexity index is 972. The minimum Gasteiger partial charge on any atom is -0.468 e. The van der Waals surface area contributed by atoms with Crippen LogP contribution in [0.1, 0.15) is 65.6 Å². The Balaban J connectivity index is 1.76. The molecule has 0 saturated carbocycles. The van der Waals surface area contributed by atoms with Crippen LogP contribution in [0.5, 0.6) is 0 Å². The highest BCUT2D eigenvalue weighted by atomic mass is 16.5. The second-order valence-electron chi connectivity index (χ2n) is 11.1. The molecule has 35 heavy (non-hydrogen) atoms. The lowest BCUT2D eigenvalue weighted by molar-refractivity contribution is -0.180. The maximum Gasteiger partial charge on any atom is 0.320 e. The van der Waals surface area contributed by atoms with Crippen molar-refractivity contribution in [3.05, 3.63) is 35.9 Å². The molecule has 8 nitrogen and oxygen atoms in total. The molecule has 0 N–H and O–H groups in total. The van der Waals surface area contributed by atoms with Crippen LogP contribution >= 0.6 is 0 Å². The zero-order chi connectivity index (χ0) is 25.4. The number of likely N-dealkylation sites (tertiary alicyclic amines) is 2. The standard InChI is InChI=1S/C27H38N2O6/c1-18-27(25(32)33-5)16-19(14-23(30)28-11-7-6-8-12-28)24(31)29(17-20-10-9-13-34-20)21(27)15-22(35-18)26(2,3)4/h9-10,13,15,18-19,22H,6-8,11-12,14,16-17H2,1-5H3/t18-,19+,22-,27+/m1/s1. The van der Waals surface area contributed by atoms with Crippen LogP contribution in [0.3, 0.4) is 0 Å². The van der Waals surface area contributed by atoms with Gasteiger partial charge in [0.15, 0.2) is 0 Å². The van der Waals surface area contributed by atoms with E-state index in [1.165, 1.54) is 7.11 Å². The molecule has 0 radical (unpaired) electrons. The van der Waals surface area contributed by atoms with Crippen molar-refractivity contribution >= 4 is 17.8 Å². The van der Waals surface area contributed by atoms with Crippen molar-refractivity contribution < 1.29 is 28.3 Å². The molecular weight excluding hydrogens is 448 g/mol. The molecule has 3 aliphatic heterocycles. The first-order valence-electron chi connectivity index (χ1n) is 12.7. The summed E-state index contributed by atoms with van der Waals surface area (Å²) in [6.45, 7) is 9.67. The number of furan rings is 1. The van der Waals surface area contributed by atoms with Gasteiger partial charge in [0.1, 0.15) is 11.2 Å². The average Bonchev–Trinajstić information content (AvgIpc) is 3.34. The first-order valence-corrected chi connectivity index (χ1v) is 12.7. The molecule has 8 heteroatoms. The van der Waals surface area contributed by atoms with Crippen molar-refractivity contribution in [1.29, 1.82) is 0 Å². The number of amides is 2. The van der Waals surface area contributed by atoms with E-state index in [2.05, 4.69) is 20.8 Å². The van der Waals surface area contributed by atoms with Crippen LogP contribution in [-0.2, 0) is 30.4 Å². The smallest absolute Gasteiger partial charge is 0.320 e. The molecule has 0 spiro atoms. The minimum atomic E-state index is -1.19. The number of hydrogen-bond acceptors (Lipinski definition) is 6. The van der Waals surface area contributed by atoms with Gasteiger partial charge in [-0.15, -0.1) is 0 Å². The number of hydrogen-bond donors (Lipinski definition) is 0. The molecule has 0 bridgehead atoms. The van der Waals surface area contributed by atoms with Crippen LogP contribution < -0.4 is 0 Å². The Kier molecular flexibility index (Phi) is 7.13. The largest absolute Gasteiger partial charge is 0.468 e. The van der Waals surface area contributed by atoms with Crippen LogP contribution in [0, 0.1) is 16.7 Å². The highest BCUT2D eigenvalue weighted by molar-refractivity contribution is 5.92. The third kappa shape index (κ3) is 4.77. The third-order valence-electron chi connectivity index (χ3n) is 7.71. The summed E-state index contributed by atoms with van der Waals surface area (Å²) in [6.07, 6.45) is 5.94. The lowest BCUT2D eigenvalue weighted by Gasteiger charge is -2.52. The zero-order valence-corrected chi connectivity index (χ0v) is 21.5. The quantitative estimate of drug-likeness (QED) is 0.587. The topological polar surface area (TPSA) is 89.3 Å². The summed E-state index contributed by atoms with van der Waals surface area (Å²) in [5.74, 6) is -0.707. The second kappa shape index (κ2) is 9.80. The van der Waals surface area contributed by atoms with Crippen molar-refractivity contribution in [1.82, 2.24) is 9.80 Å². The minimum absolute atomic E-state index is 0.0367. The van der Waals surface area contributed by atoms with Gasteiger partial charge in [-0.2, -0.15) is 0 Å². The molecule has 4 rings (SSSR count). The number of esters is 1. The molecule has 0 aromatic carbocycles. The molecule has 2 amide bonds. The summed E-state index contributed by atoms with van der Waals surface area (Å²) in [4.78, 5) is 44.1. The number of carbonyl (C=O) groups excluding carboxylic acids is 3. The van der Waals surface area contributed by atoms with E-state index in [-0.39, 0.29) is 42.7 Å². The van der Waals surface area contributed by atoms with E-state index >= 15 is 0 Å². The summed E-state index contributed by atoms with van der Waals surface area (Å²) in [6, 6.07) is 3.58. The maximum atomic E-state index is 13.9. The number of carbonyl (C=O) groups is 3. The van der Waals surface area contributed by atoms with Gasteiger partial charge in [-0.25, -0.2) is 0 Å². The lowest BCUT2D eigenvalue weighted by Crippen LogP contribution is -2.61. The molecule has 0 aliphatic carbocycles. The van der Waals surface area contributed by atoms with Crippen LogP contribution in [0.2, 0.25) is 0 Å². The molecule has 192 valence electrons. The lowest BCUT2D eigenvalue weighted by atomic mass is 9.65. The summed E-state index contributed by atoms with van der Waals surface area (Å²) in [5, 5.41) is 0. The van der Waals surface area contributed by atoms with Crippen molar-refractivity contribution in [3.63, 3.8) is 0 Å². The van der Waals surface area contributed by atoms with E-state index < -0.39 is 23.4 Å². The van der Waals surface area contributed by atoms with E-state index in [9.17, 15) is 14.4 Å². The van der Waals surface area contributed by atoms with Crippen molar-refractivity contribution in [2.45, 2.75) is 78.6 Å². The van der Waals surface area contributed by atoms with Gasteiger partial charge in [0.2, 0.25) is 11.8 Å². The Labute approximate surface area is 207 Å². The van der Waals surface area contributed by atoms with Crippen molar-refractivity contribution in [3.8, 4) is 0 Å². The number of piperidine rings is 2. The van der Waals surface area contributed by atoms with Gasteiger partial charge in [0.25, 0.3) is 0 Å². The van der Waals surface area contributed by atoms with Gasteiger partial charge >= 0.3 is 5.97 Å². The Morgan fingerprint density at radius 1 is 1.20 bits per heavy atom. The van der Waals surface area contributed by atoms with Crippen LogP contribution in [0.4, 0.5) is 0 Å². The number of rotatable bonds is 5. The van der Waals surface area contributed by atoms with Gasteiger partial charge in [-0.05, 0) is 56.2 Å². The molecule has 2 fully saturated rings. The highest BCUT2D eigenvalue weighted by Gasteiger charge is 2.60. The first-order chi connectivity index (χ1) is 16.6. The Hall–Kier alpha value is -2.61. The van der Waals surface area contributed by atoms with Crippen LogP contribution in [0.15, 0.2) is 34.6 Å². The molecule has 0 unspecified atom stereocenters. The molecular formula is C27H38N2O6. The number of ether oxygens (including phenoxy) is 2. The second-order valence-corrected chi connectivity index (χ2v) is 11.1. The SMILES string of the molecule is COC(=O)[C@]12C[C@H](CC(=O)N3CCCCC3)C(=O)N(Cc3ccco3)C1=C[C@H](C(C)(C)C)O[C@@H]2C. The van der Waals surface area contributed by atoms with E-state index in [4.69, 9.17) is 13.9 Å². The predicted octanol–water partition coefficient (Wildman–Crippen LogP) is 3.91. The fourth-order valence-electron chi connectivity index (χ4n) is 5.65. The van der Waals surface area contributed by atoms with E-state index in [0.717, 1.165) is 32.4 Å². The normalized spacial score (nSPS) is 29.5. The molecule has 1 aromatic heterocycles. The van der Waals surface area contributed by atoms with E-state index in [1.54, 1.807) is 23.3 Å². The van der Waals surface area contributed by atoms with Gasteiger partial charge < -0.3 is 23.7 Å². The third-order valence-corrected chi connectivity index (χ3v) is 7.71. The van der Waals surface area contributed by atoms with E-state index in [1.807, 2.05) is 17.9 Å². The van der Waals surface area contributed by atoms with Gasteiger partial charge in [0.05, 0.1) is 32.1 Å². The molecule has 4 atom stereocenters. The molecule has 3 aliphatic rings. The molecule has 1 aromatic rings.